The first kappa shape index (κ1) is 11.8. The third-order valence-corrected chi connectivity index (χ3v) is 2.84. The Balaban J connectivity index is 2.30. The minimum absolute atomic E-state index is 0.203. The van der Waals surface area contributed by atoms with Crippen LogP contribution in [0.3, 0.4) is 0 Å². The van der Waals surface area contributed by atoms with Gasteiger partial charge in [0.2, 0.25) is 0 Å². The fourth-order valence-electron chi connectivity index (χ4n) is 1.89. The second-order valence-corrected chi connectivity index (χ2v) is 3.92. The van der Waals surface area contributed by atoms with Crippen molar-refractivity contribution in [2.45, 2.75) is 26.4 Å². The molecule has 0 saturated heterocycles. The zero-order valence-corrected chi connectivity index (χ0v) is 9.86. The van der Waals surface area contributed by atoms with Crippen LogP contribution >= 0.6 is 0 Å². The summed E-state index contributed by atoms with van der Waals surface area (Å²) in [6.45, 7) is 2.76. The van der Waals surface area contributed by atoms with Crippen molar-refractivity contribution in [2.75, 3.05) is 0 Å². The molecular formula is C13H16FN3. The zero-order chi connectivity index (χ0) is 12.3. The average Bonchev–Trinajstić information content (AvgIpc) is 2.79. The van der Waals surface area contributed by atoms with Crippen molar-refractivity contribution in [1.82, 2.24) is 9.55 Å². The maximum Gasteiger partial charge on any atom is 0.132 e. The highest BCUT2D eigenvalue weighted by molar-refractivity contribution is 5.26. The minimum atomic E-state index is -0.203. The molecule has 0 amide bonds. The molecule has 3 nitrogen and oxygen atoms in total. The summed E-state index contributed by atoms with van der Waals surface area (Å²) in [7, 11) is 0. The SMILES string of the molecule is CCc1nccn1Cc1cccc(CN)c1F. The van der Waals surface area contributed by atoms with Gasteiger partial charge in [0.25, 0.3) is 0 Å². The third-order valence-electron chi connectivity index (χ3n) is 2.84. The van der Waals surface area contributed by atoms with E-state index in [1.165, 1.54) is 0 Å². The lowest BCUT2D eigenvalue weighted by atomic mass is 10.1. The molecule has 1 aromatic heterocycles. The Morgan fingerprint density at radius 1 is 1.35 bits per heavy atom. The molecule has 0 saturated carbocycles. The number of hydrogen-bond donors (Lipinski definition) is 1. The molecule has 90 valence electrons. The normalized spacial score (nSPS) is 10.8. The van der Waals surface area contributed by atoms with E-state index in [-0.39, 0.29) is 12.4 Å². The van der Waals surface area contributed by atoms with Crippen LogP contribution in [0.15, 0.2) is 30.6 Å². The van der Waals surface area contributed by atoms with E-state index in [4.69, 9.17) is 5.73 Å². The van der Waals surface area contributed by atoms with E-state index in [2.05, 4.69) is 4.98 Å². The average molecular weight is 233 g/mol. The summed E-state index contributed by atoms with van der Waals surface area (Å²) in [4.78, 5) is 4.22. The van der Waals surface area contributed by atoms with Crippen molar-refractivity contribution >= 4 is 0 Å². The summed E-state index contributed by atoms with van der Waals surface area (Å²) in [5, 5.41) is 0. The molecule has 0 aliphatic carbocycles. The van der Waals surface area contributed by atoms with Crippen molar-refractivity contribution < 1.29 is 4.39 Å². The molecule has 0 fully saturated rings. The van der Waals surface area contributed by atoms with Crippen LogP contribution in [0.1, 0.15) is 23.9 Å². The molecule has 0 spiro atoms. The number of aryl methyl sites for hydroxylation is 1. The maximum absolute atomic E-state index is 14.0. The Kier molecular flexibility index (Phi) is 3.54. The van der Waals surface area contributed by atoms with Crippen LogP contribution in [-0.2, 0) is 19.5 Å². The van der Waals surface area contributed by atoms with Gasteiger partial charge in [0.1, 0.15) is 11.6 Å². The molecule has 0 aliphatic rings. The fourth-order valence-corrected chi connectivity index (χ4v) is 1.89. The Bertz CT molecular complexity index is 505. The second-order valence-electron chi connectivity index (χ2n) is 3.92. The van der Waals surface area contributed by atoms with Gasteiger partial charge in [0, 0.05) is 36.5 Å². The van der Waals surface area contributed by atoms with E-state index in [1.807, 2.05) is 23.8 Å². The van der Waals surface area contributed by atoms with E-state index in [0.29, 0.717) is 17.7 Å². The summed E-state index contributed by atoms with van der Waals surface area (Å²) < 4.78 is 15.9. The first-order chi connectivity index (χ1) is 8.26. The smallest absolute Gasteiger partial charge is 0.132 e. The van der Waals surface area contributed by atoms with E-state index in [1.54, 1.807) is 18.3 Å². The van der Waals surface area contributed by atoms with E-state index in [9.17, 15) is 4.39 Å². The van der Waals surface area contributed by atoms with Gasteiger partial charge in [-0.05, 0) is 0 Å². The van der Waals surface area contributed by atoms with Crippen molar-refractivity contribution in [2.24, 2.45) is 5.73 Å². The van der Waals surface area contributed by atoms with Crippen LogP contribution in [0.5, 0.6) is 0 Å². The molecule has 2 rings (SSSR count). The highest BCUT2D eigenvalue weighted by atomic mass is 19.1. The van der Waals surface area contributed by atoms with Crippen LogP contribution in [0, 0.1) is 5.82 Å². The molecule has 0 aliphatic heterocycles. The number of rotatable bonds is 4. The molecule has 0 bridgehead atoms. The number of aromatic nitrogens is 2. The van der Waals surface area contributed by atoms with Gasteiger partial charge < -0.3 is 10.3 Å². The topological polar surface area (TPSA) is 43.8 Å². The Morgan fingerprint density at radius 2 is 2.12 bits per heavy atom. The molecule has 2 aromatic rings. The molecule has 0 radical (unpaired) electrons. The second kappa shape index (κ2) is 5.10. The number of nitrogens with zero attached hydrogens (tertiary/aromatic N) is 2. The first-order valence-corrected chi connectivity index (χ1v) is 5.72. The van der Waals surface area contributed by atoms with Gasteiger partial charge in [-0.3, -0.25) is 0 Å². The standard InChI is InChI=1S/C13H16FN3/c1-2-12-16-6-7-17(12)9-11-5-3-4-10(8-15)13(11)14/h3-7H,2,8-9,15H2,1H3. The first-order valence-electron chi connectivity index (χ1n) is 5.72. The van der Waals surface area contributed by atoms with Crippen LogP contribution in [-0.4, -0.2) is 9.55 Å². The van der Waals surface area contributed by atoms with E-state index < -0.39 is 0 Å². The largest absolute Gasteiger partial charge is 0.330 e. The van der Waals surface area contributed by atoms with Gasteiger partial charge in [0.05, 0.1) is 6.54 Å². The Hall–Kier alpha value is -1.68. The highest BCUT2D eigenvalue weighted by Gasteiger charge is 2.08. The van der Waals surface area contributed by atoms with Gasteiger partial charge in [-0.15, -0.1) is 0 Å². The molecular weight excluding hydrogens is 217 g/mol. The number of benzene rings is 1. The predicted molar refractivity (Wildman–Crippen MR) is 65.0 cm³/mol. The van der Waals surface area contributed by atoms with Crippen molar-refractivity contribution in [3.63, 3.8) is 0 Å². The number of hydrogen-bond acceptors (Lipinski definition) is 2. The molecule has 1 heterocycles. The zero-order valence-electron chi connectivity index (χ0n) is 9.86. The van der Waals surface area contributed by atoms with Crippen LogP contribution in [0.2, 0.25) is 0 Å². The fraction of sp³-hybridized carbons (Fsp3) is 0.308. The number of nitrogens with two attached hydrogens (primary N) is 1. The van der Waals surface area contributed by atoms with Gasteiger partial charge in [0.15, 0.2) is 0 Å². The molecule has 0 atom stereocenters. The molecule has 2 N–H and O–H groups in total. The van der Waals surface area contributed by atoms with Crippen LogP contribution in [0.25, 0.3) is 0 Å². The number of halogens is 1. The third kappa shape index (κ3) is 2.36. The quantitative estimate of drug-likeness (QED) is 0.878. The lowest BCUT2D eigenvalue weighted by molar-refractivity contribution is 0.580. The van der Waals surface area contributed by atoms with Crippen molar-refractivity contribution in [3.05, 3.63) is 53.4 Å². The molecule has 17 heavy (non-hydrogen) atoms. The van der Waals surface area contributed by atoms with E-state index in [0.717, 1.165) is 12.2 Å². The predicted octanol–water partition coefficient (Wildman–Crippen LogP) is 2.09. The van der Waals surface area contributed by atoms with Gasteiger partial charge in [-0.1, -0.05) is 25.1 Å². The maximum atomic E-state index is 14.0. The summed E-state index contributed by atoms with van der Waals surface area (Å²) in [6, 6.07) is 5.34. The summed E-state index contributed by atoms with van der Waals surface area (Å²) in [5.41, 5.74) is 6.70. The molecule has 1 aromatic carbocycles. The Labute approximate surface area is 100 Å². The molecule has 4 heteroatoms. The lowest BCUT2D eigenvalue weighted by Crippen LogP contribution is -2.08. The van der Waals surface area contributed by atoms with Crippen LogP contribution < -0.4 is 5.73 Å². The van der Waals surface area contributed by atoms with Gasteiger partial charge in [-0.25, -0.2) is 9.37 Å². The van der Waals surface area contributed by atoms with Gasteiger partial charge in [-0.2, -0.15) is 0 Å². The van der Waals surface area contributed by atoms with Gasteiger partial charge >= 0.3 is 0 Å². The van der Waals surface area contributed by atoms with E-state index >= 15 is 0 Å². The molecule has 0 unspecified atom stereocenters. The van der Waals surface area contributed by atoms with Crippen LogP contribution in [0.4, 0.5) is 4.39 Å². The summed E-state index contributed by atoms with van der Waals surface area (Å²) in [5.74, 6) is 0.758. The van der Waals surface area contributed by atoms with Crippen molar-refractivity contribution in [1.29, 1.82) is 0 Å². The summed E-state index contributed by atoms with van der Waals surface area (Å²) >= 11 is 0. The highest BCUT2D eigenvalue weighted by Crippen LogP contribution is 2.14. The van der Waals surface area contributed by atoms with Crippen molar-refractivity contribution in [3.8, 4) is 0 Å². The Morgan fingerprint density at radius 3 is 2.82 bits per heavy atom. The summed E-state index contributed by atoms with van der Waals surface area (Å²) in [6.07, 6.45) is 4.45. The minimum Gasteiger partial charge on any atom is -0.330 e. The lowest BCUT2D eigenvalue weighted by Gasteiger charge is -2.09. The monoisotopic (exact) mass is 233 g/mol. The number of imidazole rings is 1.